The summed E-state index contributed by atoms with van der Waals surface area (Å²) in [5, 5.41) is 3.65. The fraction of sp³-hybridized carbons (Fsp3) is 0.667. The zero-order valence-corrected chi connectivity index (χ0v) is 12.1. The van der Waals surface area contributed by atoms with E-state index in [0.29, 0.717) is 0 Å². The van der Waals surface area contributed by atoms with Gasteiger partial charge < -0.3 is 11.5 Å². The van der Waals surface area contributed by atoms with Gasteiger partial charge in [-0.3, -0.25) is 29.8 Å². The van der Waals surface area contributed by atoms with Gasteiger partial charge in [0.05, 0.1) is 12.1 Å². The zero-order chi connectivity index (χ0) is 16.0. The Balaban J connectivity index is 4.47. The van der Waals surface area contributed by atoms with Crippen molar-refractivity contribution in [3.63, 3.8) is 0 Å². The van der Waals surface area contributed by atoms with Crippen molar-refractivity contribution >= 4 is 23.6 Å². The molecule has 114 valence electrons. The first kappa shape index (κ1) is 18.2. The van der Waals surface area contributed by atoms with Crippen molar-refractivity contribution < 1.29 is 19.2 Å². The standard InChI is InChI=1S/C12H22N4O4/c1-5(2)7(13)9(17)15-11(19)12(20)16-10(18)8(14)6(3)4/h5-8H,13-14H2,1-4H3,(H,15,17,19)(H,16,18,20)/t7-,8-/m0/s1. The predicted molar refractivity (Wildman–Crippen MR) is 71.9 cm³/mol. The highest BCUT2D eigenvalue weighted by Crippen LogP contribution is 1.98. The van der Waals surface area contributed by atoms with Crippen LogP contribution in [0.4, 0.5) is 0 Å². The molecule has 0 aliphatic heterocycles. The van der Waals surface area contributed by atoms with Crippen molar-refractivity contribution in [1.29, 1.82) is 0 Å². The normalized spacial score (nSPS) is 13.8. The molecule has 0 heterocycles. The first-order chi connectivity index (χ1) is 9.07. The van der Waals surface area contributed by atoms with E-state index in [-0.39, 0.29) is 11.8 Å². The first-order valence-electron chi connectivity index (χ1n) is 6.29. The van der Waals surface area contributed by atoms with Crippen LogP contribution in [-0.2, 0) is 19.2 Å². The van der Waals surface area contributed by atoms with Crippen molar-refractivity contribution in [2.45, 2.75) is 39.8 Å². The minimum atomic E-state index is -1.24. The number of rotatable bonds is 4. The van der Waals surface area contributed by atoms with E-state index < -0.39 is 35.7 Å². The third-order valence-electron chi connectivity index (χ3n) is 2.72. The molecule has 6 N–H and O–H groups in total. The van der Waals surface area contributed by atoms with Crippen molar-refractivity contribution in [2.75, 3.05) is 0 Å². The molecule has 20 heavy (non-hydrogen) atoms. The van der Waals surface area contributed by atoms with Crippen LogP contribution >= 0.6 is 0 Å². The first-order valence-corrected chi connectivity index (χ1v) is 6.29. The molecule has 0 aromatic carbocycles. The van der Waals surface area contributed by atoms with Crippen LogP contribution in [0.2, 0.25) is 0 Å². The van der Waals surface area contributed by atoms with Crippen LogP contribution in [0.1, 0.15) is 27.7 Å². The van der Waals surface area contributed by atoms with Crippen molar-refractivity contribution in [3.8, 4) is 0 Å². The number of hydrogen-bond acceptors (Lipinski definition) is 6. The summed E-state index contributed by atoms with van der Waals surface area (Å²) in [6, 6.07) is -1.83. The maximum Gasteiger partial charge on any atom is 0.316 e. The third-order valence-corrected chi connectivity index (χ3v) is 2.72. The molecule has 0 aromatic rings. The highest BCUT2D eigenvalue weighted by molar-refractivity contribution is 6.40. The second kappa shape index (κ2) is 7.71. The highest BCUT2D eigenvalue weighted by Gasteiger charge is 2.26. The van der Waals surface area contributed by atoms with Gasteiger partial charge in [0.1, 0.15) is 0 Å². The molecule has 0 bridgehead atoms. The Morgan fingerprint density at radius 2 is 0.950 bits per heavy atom. The van der Waals surface area contributed by atoms with Gasteiger partial charge in [0.15, 0.2) is 0 Å². The summed E-state index contributed by atoms with van der Waals surface area (Å²) in [6.45, 7) is 6.78. The van der Waals surface area contributed by atoms with Gasteiger partial charge in [-0.2, -0.15) is 0 Å². The second-order valence-electron chi connectivity index (χ2n) is 5.18. The fourth-order valence-electron chi connectivity index (χ4n) is 1.11. The van der Waals surface area contributed by atoms with Crippen molar-refractivity contribution in [3.05, 3.63) is 0 Å². The Hall–Kier alpha value is -1.80. The predicted octanol–water partition coefficient (Wildman–Crippen LogP) is -1.76. The molecule has 8 heteroatoms. The molecule has 8 nitrogen and oxygen atoms in total. The molecule has 0 radical (unpaired) electrons. The highest BCUT2D eigenvalue weighted by atomic mass is 16.2. The van der Waals surface area contributed by atoms with E-state index in [2.05, 4.69) is 0 Å². The van der Waals surface area contributed by atoms with Crippen LogP contribution in [-0.4, -0.2) is 35.7 Å². The van der Waals surface area contributed by atoms with Gasteiger partial charge in [-0.15, -0.1) is 0 Å². The van der Waals surface area contributed by atoms with Gasteiger partial charge in [0.25, 0.3) is 0 Å². The zero-order valence-electron chi connectivity index (χ0n) is 12.1. The molecule has 0 saturated carbocycles. The van der Waals surface area contributed by atoms with Crippen LogP contribution in [0.5, 0.6) is 0 Å². The van der Waals surface area contributed by atoms with E-state index in [4.69, 9.17) is 11.5 Å². The summed E-state index contributed by atoms with van der Waals surface area (Å²) in [7, 11) is 0. The van der Waals surface area contributed by atoms with Crippen molar-refractivity contribution in [2.24, 2.45) is 23.3 Å². The Morgan fingerprint density at radius 3 is 1.15 bits per heavy atom. The fourth-order valence-corrected chi connectivity index (χ4v) is 1.11. The SMILES string of the molecule is CC(C)[C@H](N)C(=O)NC(=O)C(=O)NC(=O)[C@@H](N)C(C)C. The number of amides is 4. The maximum atomic E-state index is 11.5. The molecule has 0 aliphatic carbocycles. The van der Waals surface area contributed by atoms with E-state index in [1.165, 1.54) is 0 Å². The molecule has 0 unspecified atom stereocenters. The van der Waals surface area contributed by atoms with Crippen molar-refractivity contribution in [1.82, 2.24) is 10.6 Å². The molecule has 4 amide bonds. The molecule has 0 aliphatic rings. The quantitative estimate of drug-likeness (QED) is 0.450. The number of nitrogens with one attached hydrogen (secondary N) is 2. The lowest BCUT2D eigenvalue weighted by atomic mass is 10.0. The summed E-state index contributed by atoms with van der Waals surface area (Å²) in [5.41, 5.74) is 11.0. The number of imide groups is 2. The Bertz CT molecular complexity index is 368. The summed E-state index contributed by atoms with van der Waals surface area (Å²) in [4.78, 5) is 45.8. The van der Waals surface area contributed by atoms with E-state index in [0.717, 1.165) is 0 Å². The van der Waals surface area contributed by atoms with Crippen LogP contribution in [0.15, 0.2) is 0 Å². The number of carbonyl (C=O) groups excluding carboxylic acids is 4. The average molecular weight is 286 g/mol. The number of carbonyl (C=O) groups is 4. The molecule has 0 fully saturated rings. The van der Waals surface area contributed by atoms with Crippen LogP contribution in [0, 0.1) is 11.8 Å². The Kier molecular flexibility index (Phi) is 7.01. The lowest BCUT2D eigenvalue weighted by molar-refractivity contribution is -0.145. The Morgan fingerprint density at radius 1 is 0.700 bits per heavy atom. The Labute approximate surface area is 117 Å². The lowest BCUT2D eigenvalue weighted by Gasteiger charge is -2.16. The maximum absolute atomic E-state index is 11.5. The summed E-state index contributed by atoms with van der Waals surface area (Å²) in [6.07, 6.45) is 0. The van der Waals surface area contributed by atoms with Gasteiger partial charge in [0, 0.05) is 0 Å². The molecule has 2 atom stereocenters. The van der Waals surface area contributed by atoms with Gasteiger partial charge in [-0.05, 0) is 11.8 Å². The molecule has 0 aromatic heterocycles. The molecule has 0 rings (SSSR count). The van der Waals surface area contributed by atoms with Gasteiger partial charge in [-0.25, -0.2) is 0 Å². The van der Waals surface area contributed by atoms with E-state index in [1.54, 1.807) is 27.7 Å². The van der Waals surface area contributed by atoms with E-state index in [1.807, 2.05) is 10.6 Å². The molecule has 0 saturated heterocycles. The number of nitrogens with two attached hydrogens (primary N) is 2. The van der Waals surface area contributed by atoms with E-state index in [9.17, 15) is 19.2 Å². The largest absolute Gasteiger partial charge is 0.320 e. The van der Waals surface area contributed by atoms with Gasteiger partial charge in [-0.1, -0.05) is 27.7 Å². The van der Waals surface area contributed by atoms with Crippen LogP contribution < -0.4 is 22.1 Å². The summed E-state index contributed by atoms with van der Waals surface area (Å²) < 4.78 is 0. The lowest BCUT2D eigenvalue weighted by Crippen LogP contribution is -2.53. The van der Waals surface area contributed by atoms with Crippen LogP contribution in [0.3, 0.4) is 0 Å². The van der Waals surface area contributed by atoms with E-state index >= 15 is 0 Å². The molecule has 0 spiro atoms. The summed E-state index contributed by atoms with van der Waals surface area (Å²) >= 11 is 0. The topological polar surface area (TPSA) is 144 Å². The van der Waals surface area contributed by atoms with Gasteiger partial charge in [0.2, 0.25) is 11.8 Å². The second-order valence-corrected chi connectivity index (χ2v) is 5.18. The molecular weight excluding hydrogens is 264 g/mol. The van der Waals surface area contributed by atoms with Crippen LogP contribution in [0.25, 0.3) is 0 Å². The van der Waals surface area contributed by atoms with Gasteiger partial charge >= 0.3 is 11.8 Å². The molecular formula is C12H22N4O4. The smallest absolute Gasteiger partial charge is 0.316 e. The summed E-state index contributed by atoms with van der Waals surface area (Å²) in [5.74, 6) is -4.42. The average Bonchev–Trinajstić information content (AvgIpc) is 2.35. The third kappa shape index (κ3) is 5.45. The monoisotopic (exact) mass is 286 g/mol. The number of hydrogen-bond donors (Lipinski definition) is 4. The minimum Gasteiger partial charge on any atom is -0.320 e. The minimum absolute atomic E-state index is 0.193.